The topological polar surface area (TPSA) is 58.6 Å². The van der Waals surface area contributed by atoms with Gasteiger partial charge in [0.05, 0.1) is 0 Å². The molecule has 1 N–H and O–H groups in total. The van der Waals surface area contributed by atoms with Crippen LogP contribution in [-0.4, -0.2) is 35.4 Å². The second-order valence-corrected chi connectivity index (χ2v) is 7.66. The molecular formula is C22H27BrN2O3. The highest BCUT2D eigenvalue weighted by Gasteiger charge is 2.27. The molecule has 0 saturated carbocycles. The standard InChI is InChI=1S/C22H27BrN2O3/c1-4-16(2)24-22(27)17(3)25(14-18-8-6-5-7-9-18)21(26)15-28-20-12-10-19(23)11-13-20/h5-13,16-17H,4,14-15H2,1-3H3,(H,24,27)/t16-,17-/m1/s1. The Morgan fingerprint density at radius 2 is 1.71 bits per heavy atom. The molecule has 0 unspecified atom stereocenters. The summed E-state index contributed by atoms with van der Waals surface area (Å²) in [6.07, 6.45) is 0.831. The Morgan fingerprint density at radius 3 is 2.32 bits per heavy atom. The molecule has 0 aliphatic carbocycles. The van der Waals surface area contributed by atoms with E-state index in [0.717, 1.165) is 16.5 Å². The summed E-state index contributed by atoms with van der Waals surface area (Å²) >= 11 is 3.37. The van der Waals surface area contributed by atoms with Crippen LogP contribution in [0.4, 0.5) is 0 Å². The number of benzene rings is 2. The van der Waals surface area contributed by atoms with E-state index >= 15 is 0 Å². The van der Waals surface area contributed by atoms with Crippen molar-refractivity contribution in [2.24, 2.45) is 0 Å². The Bertz CT molecular complexity index is 765. The van der Waals surface area contributed by atoms with E-state index in [9.17, 15) is 9.59 Å². The van der Waals surface area contributed by atoms with Crippen molar-refractivity contribution in [1.29, 1.82) is 0 Å². The predicted molar refractivity (Wildman–Crippen MR) is 114 cm³/mol. The highest BCUT2D eigenvalue weighted by molar-refractivity contribution is 9.10. The minimum atomic E-state index is -0.602. The molecule has 28 heavy (non-hydrogen) atoms. The summed E-state index contributed by atoms with van der Waals surface area (Å²) in [6.45, 7) is 5.92. The number of hydrogen-bond acceptors (Lipinski definition) is 3. The number of ether oxygens (including phenoxy) is 1. The maximum absolute atomic E-state index is 12.9. The van der Waals surface area contributed by atoms with Crippen molar-refractivity contribution >= 4 is 27.7 Å². The number of nitrogens with zero attached hydrogens (tertiary/aromatic N) is 1. The molecule has 5 nitrogen and oxygen atoms in total. The molecule has 0 aliphatic rings. The Hall–Kier alpha value is -2.34. The molecule has 0 heterocycles. The normalized spacial score (nSPS) is 12.7. The number of carbonyl (C=O) groups excluding carboxylic acids is 2. The highest BCUT2D eigenvalue weighted by atomic mass is 79.9. The monoisotopic (exact) mass is 446 g/mol. The highest BCUT2D eigenvalue weighted by Crippen LogP contribution is 2.17. The number of nitrogens with one attached hydrogen (secondary N) is 1. The van der Waals surface area contributed by atoms with Gasteiger partial charge in [0.25, 0.3) is 5.91 Å². The molecule has 6 heteroatoms. The van der Waals surface area contributed by atoms with Crippen LogP contribution in [0.3, 0.4) is 0 Å². The second-order valence-electron chi connectivity index (χ2n) is 6.74. The van der Waals surface area contributed by atoms with Crippen molar-refractivity contribution in [2.45, 2.75) is 45.8 Å². The van der Waals surface area contributed by atoms with Crippen molar-refractivity contribution in [1.82, 2.24) is 10.2 Å². The maximum Gasteiger partial charge on any atom is 0.261 e. The van der Waals surface area contributed by atoms with Crippen molar-refractivity contribution in [3.05, 3.63) is 64.6 Å². The number of amides is 2. The fraction of sp³-hybridized carbons (Fsp3) is 0.364. The van der Waals surface area contributed by atoms with Gasteiger partial charge in [-0.05, 0) is 50.1 Å². The molecule has 0 aromatic heterocycles. The van der Waals surface area contributed by atoms with Gasteiger partial charge in [-0.3, -0.25) is 9.59 Å². The first-order valence-electron chi connectivity index (χ1n) is 9.42. The molecule has 2 rings (SSSR count). The zero-order valence-corrected chi connectivity index (χ0v) is 18.1. The van der Waals surface area contributed by atoms with Gasteiger partial charge in [-0.1, -0.05) is 53.2 Å². The van der Waals surface area contributed by atoms with E-state index in [2.05, 4.69) is 21.2 Å². The molecule has 0 saturated heterocycles. The lowest BCUT2D eigenvalue weighted by atomic mass is 10.1. The molecule has 2 aromatic rings. The minimum Gasteiger partial charge on any atom is -0.484 e. The third-order valence-electron chi connectivity index (χ3n) is 4.54. The van der Waals surface area contributed by atoms with Crippen LogP contribution < -0.4 is 10.1 Å². The van der Waals surface area contributed by atoms with Gasteiger partial charge >= 0.3 is 0 Å². The van der Waals surface area contributed by atoms with E-state index in [-0.39, 0.29) is 24.5 Å². The molecule has 0 spiro atoms. The first kappa shape index (κ1) is 22.0. The third kappa shape index (κ3) is 6.68. The average molecular weight is 447 g/mol. The van der Waals surface area contributed by atoms with Crippen LogP contribution in [0, 0.1) is 0 Å². The lowest BCUT2D eigenvalue weighted by Gasteiger charge is -2.29. The van der Waals surface area contributed by atoms with E-state index in [1.165, 1.54) is 0 Å². The van der Waals surface area contributed by atoms with Crippen molar-refractivity contribution in [3.63, 3.8) is 0 Å². The zero-order chi connectivity index (χ0) is 20.5. The SMILES string of the molecule is CC[C@@H](C)NC(=O)[C@@H](C)N(Cc1ccccc1)C(=O)COc1ccc(Br)cc1. The number of hydrogen-bond donors (Lipinski definition) is 1. The molecule has 2 amide bonds. The quantitative estimate of drug-likeness (QED) is 0.628. The third-order valence-corrected chi connectivity index (χ3v) is 5.07. The van der Waals surface area contributed by atoms with Gasteiger partial charge in [-0.15, -0.1) is 0 Å². The summed E-state index contributed by atoms with van der Waals surface area (Å²) in [5.74, 6) is 0.203. The molecule has 0 bridgehead atoms. The Balaban J connectivity index is 2.10. The lowest BCUT2D eigenvalue weighted by Crippen LogP contribution is -2.50. The van der Waals surface area contributed by atoms with Gasteiger partial charge < -0.3 is 15.0 Å². The van der Waals surface area contributed by atoms with Crippen LogP contribution in [0.15, 0.2) is 59.1 Å². The number of rotatable bonds is 9. The minimum absolute atomic E-state index is 0.0580. The summed E-state index contributed by atoms with van der Waals surface area (Å²) in [6, 6.07) is 16.4. The maximum atomic E-state index is 12.9. The Kier molecular flexibility index (Phi) is 8.51. The van der Waals surface area contributed by atoms with E-state index in [1.807, 2.05) is 56.3 Å². The van der Waals surface area contributed by atoms with Crippen molar-refractivity contribution < 1.29 is 14.3 Å². The Morgan fingerprint density at radius 1 is 1.07 bits per heavy atom. The van der Waals surface area contributed by atoms with Crippen LogP contribution in [0.1, 0.15) is 32.8 Å². The molecule has 2 atom stereocenters. The molecule has 0 radical (unpaired) electrons. The summed E-state index contributed by atoms with van der Waals surface area (Å²) in [5.41, 5.74) is 0.961. The van der Waals surface area contributed by atoms with Crippen LogP contribution in [0.2, 0.25) is 0 Å². The first-order chi connectivity index (χ1) is 13.4. The summed E-state index contributed by atoms with van der Waals surface area (Å²) in [4.78, 5) is 27.1. The molecule has 0 fully saturated rings. The van der Waals surface area contributed by atoms with Gasteiger partial charge in [0.1, 0.15) is 11.8 Å². The van der Waals surface area contributed by atoms with Gasteiger partial charge in [0, 0.05) is 17.1 Å². The van der Waals surface area contributed by atoms with Crippen LogP contribution in [-0.2, 0) is 16.1 Å². The van der Waals surface area contributed by atoms with Crippen LogP contribution >= 0.6 is 15.9 Å². The largest absolute Gasteiger partial charge is 0.484 e. The van der Waals surface area contributed by atoms with E-state index in [4.69, 9.17) is 4.74 Å². The molecule has 2 aromatic carbocycles. The van der Waals surface area contributed by atoms with Gasteiger partial charge in [0.2, 0.25) is 5.91 Å². The second kappa shape index (κ2) is 10.9. The molecule has 0 aliphatic heterocycles. The first-order valence-corrected chi connectivity index (χ1v) is 10.2. The zero-order valence-electron chi connectivity index (χ0n) is 16.5. The summed E-state index contributed by atoms with van der Waals surface area (Å²) in [7, 11) is 0. The fourth-order valence-electron chi connectivity index (χ4n) is 2.59. The van der Waals surface area contributed by atoms with Crippen molar-refractivity contribution in [2.75, 3.05) is 6.61 Å². The number of carbonyl (C=O) groups is 2. The molecule has 150 valence electrons. The lowest BCUT2D eigenvalue weighted by molar-refractivity contribution is -0.142. The predicted octanol–water partition coefficient (Wildman–Crippen LogP) is 4.16. The van der Waals surface area contributed by atoms with Gasteiger partial charge in [-0.25, -0.2) is 0 Å². The number of halogens is 1. The Labute approximate surface area is 175 Å². The van der Waals surface area contributed by atoms with E-state index in [1.54, 1.807) is 24.0 Å². The van der Waals surface area contributed by atoms with Crippen molar-refractivity contribution in [3.8, 4) is 5.75 Å². The average Bonchev–Trinajstić information content (AvgIpc) is 2.71. The molecular weight excluding hydrogens is 420 g/mol. The summed E-state index contributed by atoms with van der Waals surface area (Å²) in [5, 5.41) is 2.95. The van der Waals surface area contributed by atoms with Crippen LogP contribution in [0.5, 0.6) is 5.75 Å². The smallest absolute Gasteiger partial charge is 0.261 e. The van der Waals surface area contributed by atoms with Gasteiger partial charge in [0.15, 0.2) is 6.61 Å². The summed E-state index contributed by atoms with van der Waals surface area (Å²) < 4.78 is 6.57. The van der Waals surface area contributed by atoms with Gasteiger partial charge in [-0.2, -0.15) is 0 Å². The van der Waals surface area contributed by atoms with E-state index < -0.39 is 6.04 Å². The fourth-order valence-corrected chi connectivity index (χ4v) is 2.85. The van der Waals surface area contributed by atoms with E-state index in [0.29, 0.717) is 12.3 Å². The van der Waals surface area contributed by atoms with Crippen LogP contribution in [0.25, 0.3) is 0 Å².